The Labute approximate surface area is 98.7 Å². The number of nitrogens with zero attached hydrogens (tertiary/aromatic N) is 2. The molecule has 1 N–H and O–H groups in total. The Morgan fingerprint density at radius 2 is 2.18 bits per heavy atom. The lowest BCUT2D eigenvalue weighted by atomic mass is 10.1. The van der Waals surface area contributed by atoms with Crippen LogP contribution in [0.15, 0.2) is 29.2 Å². The quantitative estimate of drug-likeness (QED) is 0.867. The molecule has 0 aliphatic heterocycles. The average molecular weight is 234 g/mol. The predicted molar refractivity (Wildman–Crippen MR) is 61.9 cm³/mol. The van der Waals surface area contributed by atoms with Crippen molar-refractivity contribution in [2.24, 2.45) is 0 Å². The van der Waals surface area contributed by atoms with Gasteiger partial charge >= 0.3 is 5.97 Å². The summed E-state index contributed by atoms with van der Waals surface area (Å²) in [7, 11) is 0. The zero-order valence-electron chi connectivity index (χ0n) is 9.97. The molecule has 90 valence electrons. The molecule has 0 amide bonds. The van der Waals surface area contributed by atoms with Crippen LogP contribution in [-0.2, 0) is 5.54 Å². The normalized spacial score (nSPS) is 11.7. The zero-order chi connectivity index (χ0) is 12.6. The number of carbonyl (C=O) groups is 1. The van der Waals surface area contributed by atoms with Crippen LogP contribution in [0.2, 0.25) is 0 Å². The molecule has 0 aromatic carbocycles. The first-order valence-corrected chi connectivity index (χ1v) is 5.25. The van der Waals surface area contributed by atoms with Crippen molar-refractivity contribution in [2.75, 3.05) is 0 Å². The van der Waals surface area contributed by atoms with Gasteiger partial charge in [-0.3, -0.25) is 4.68 Å². The van der Waals surface area contributed by atoms with Crippen molar-refractivity contribution in [3.63, 3.8) is 0 Å². The van der Waals surface area contributed by atoms with Crippen LogP contribution in [0, 0.1) is 0 Å². The molecule has 17 heavy (non-hydrogen) atoms. The maximum atomic E-state index is 11.2. The molecule has 2 aromatic heterocycles. The summed E-state index contributed by atoms with van der Waals surface area (Å²) < 4.78 is 6.61. The van der Waals surface area contributed by atoms with E-state index in [0.717, 1.165) is 0 Å². The van der Waals surface area contributed by atoms with Crippen LogP contribution < -0.4 is 0 Å². The SMILES string of the molecule is CC(C)(C)n1cc(C(=O)O)c(-c2ccoc2)n1. The van der Waals surface area contributed by atoms with Gasteiger partial charge in [0.05, 0.1) is 18.1 Å². The summed E-state index contributed by atoms with van der Waals surface area (Å²) in [4.78, 5) is 11.2. The van der Waals surface area contributed by atoms with E-state index in [9.17, 15) is 4.79 Å². The number of carboxylic acid groups (broad SMARTS) is 1. The third-order valence-corrected chi connectivity index (χ3v) is 2.43. The van der Waals surface area contributed by atoms with E-state index in [4.69, 9.17) is 9.52 Å². The van der Waals surface area contributed by atoms with Crippen molar-refractivity contribution >= 4 is 5.97 Å². The number of rotatable bonds is 2. The lowest BCUT2D eigenvalue weighted by molar-refractivity contribution is 0.0697. The summed E-state index contributed by atoms with van der Waals surface area (Å²) in [5.41, 5.74) is 1.03. The Bertz CT molecular complexity index is 533. The molecule has 5 nitrogen and oxygen atoms in total. The second-order valence-corrected chi connectivity index (χ2v) is 4.82. The molecule has 2 aromatic rings. The van der Waals surface area contributed by atoms with Crippen LogP contribution in [0.1, 0.15) is 31.1 Å². The fourth-order valence-corrected chi connectivity index (χ4v) is 1.49. The number of hydrogen-bond donors (Lipinski definition) is 1. The Kier molecular flexibility index (Phi) is 2.53. The van der Waals surface area contributed by atoms with Gasteiger partial charge in [-0.25, -0.2) is 4.79 Å². The number of hydrogen-bond acceptors (Lipinski definition) is 3. The molecule has 5 heteroatoms. The maximum Gasteiger partial charge on any atom is 0.339 e. The van der Waals surface area contributed by atoms with E-state index in [0.29, 0.717) is 11.3 Å². The first-order valence-electron chi connectivity index (χ1n) is 5.25. The van der Waals surface area contributed by atoms with Crippen LogP contribution in [0.25, 0.3) is 11.3 Å². The molecular weight excluding hydrogens is 220 g/mol. The Morgan fingerprint density at radius 3 is 2.65 bits per heavy atom. The Balaban J connectivity index is 2.58. The topological polar surface area (TPSA) is 68.3 Å². The highest BCUT2D eigenvalue weighted by Gasteiger charge is 2.22. The highest BCUT2D eigenvalue weighted by Crippen LogP contribution is 2.25. The first-order chi connectivity index (χ1) is 7.89. The van der Waals surface area contributed by atoms with Gasteiger partial charge in [0.2, 0.25) is 0 Å². The van der Waals surface area contributed by atoms with Crippen LogP contribution in [0.5, 0.6) is 0 Å². The van der Waals surface area contributed by atoms with E-state index in [1.807, 2.05) is 20.8 Å². The second kappa shape index (κ2) is 3.76. The van der Waals surface area contributed by atoms with Crippen LogP contribution >= 0.6 is 0 Å². The van der Waals surface area contributed by atoms with E-state index >= 15 is 0 Å². The minimum Gasteiger partial charge on any atom is -0.478 e. The fourth-order valence-electron chi connectivity index (χ4n) is 1.49. The number of carboxylic acids is 1. The molecule has 0 radical (unpaired) electrons. The summed E-state index contributed by atoms with van der Waals surface area (Å²) in [6, 6.07) is 1.70. The third-order valence-electron chi connectivity index (χ3n) is 2.43. The Hall–Kier alpha value is -2.04. The van der Waals surface area contributed by atoms with E-state index in [2.05, 4.69) is 5.10 Å². The highest BCUT2D eigenvalue weighted by molar-refractivity contribution is 5.94. The van der Waals surface area contributed by atoms with Gasteiger partial charge < -0.3 is 9.52 Å². The van der Waals surface area contributed by atoms with Gasteiger partial charge in [0.25, 0.3) is 0 Å². The monoisotopic (exact) mass is 234 g/mol. The Morgan fingerprint density at radius 1 is 1.47 bits per heavy atom. The van der Waals surface area contributed by atoms with E-state index < -0.39 is 5.97 Å². The molecule has 0 spiro atoms. The molecule has 0 unspecified atom stereocenters. The van der Waals surface area contributed by atoms with Crippen LogP contribution in [0.4, 0.5) is 0 Å². The molecule has 0 bridgehead atoms. The van der Waals surface area contributed by atoms with Crippen molar-refractivity contribution in [3.05, 3.63) is 30.4 Å². The van der Waals surface area contributed by atoms with Gasteiger partial charge in [-0.2, -0.15) is 5.10 Å². The minimum atomic E-state index is -0.989. The van der Waals surface area contributed by atoms with Crippen molar-refractivity contribution in [3.8, 4) is 11.3 Å². The summed E-state index contributed by atoms with van der Waals surface area (Å²) in [6.45, 7) is 5.89. The molecule has 0 aliphatic rings. The second-order valence-electron chi connectivity index (χ2n) is 4.82. The van der Waals surface area contributed by atoms with E-state index in [1.54, 1.807) is 16.9 Å². The molecule has 0 saturated heterocycles. The average Bonchev–Trinajstić information content (AvgIpc) is 2.85. The number of aromatic nitrogens is 2. The van der Waals surface area contributed by atoms with E-state index in [-0.39, 0.29) is 11.1 Å². The largest absolute Gasteiger partial charge is 0.478 e. The smallest absolute Gasteiger partial charge is 0.339 e. The van der Waals surface area contributed by atoms with Gasteiger partial charge in [0.1, 0.15) is 11.3 Å². The van der Waals surface area contributed by atoms with Gasteiger partial charge in [0.15, 0.2) is 0 Å². The minimum absolute atomic E-state index is 0.182. The van der Waals surface area contributed by atoms with Gasteiger partial charge in [-0.15, -0.1) is 0 Å². The molecule has 2 rings (SSSR count). The number of furan rings is 1. The van der Waals surface area contributed by atoms with E-state index in [1.165, 1.54) is 12.5 Å². The fraction of sp³-hybridized carbons (Fsp3) is 0.333. The van der Waals surface area contributed by atoms with Crippen molar-refractivity contribution in [1.29, 1.82) is 0 Å². The lowest BCUT2D eigenvalue weighted by Crippen LogP contribution is -2.22. The van der Waals surface area contributed by atoms with Gasteiger partial charge in [-0.1, -0.05) is 0 Å². The van der Waals surface area contributed by atoms with Gasteiger partial charge in [0, 0.05) is 11.8 Å². The predicted octanol–water partition coefficient (Wildman–Crippen LogP) is 2.60. The van der Waals surface area contributed by atoms with Crippen molar-refractivity contribution in [1.82, 2.24) is 9.78 Å². The standard InChI is InChI=1S/C12H14N2O3/c1-12(2,3)14-6-9(11(15)16)10(13-14)8-4-5-17-7-8/h4-7H,1-3H3,(H,15,16). The van der Waals surface area contributed by atoms with Crippen molar-refractivity contribution < 1.29 is 14.3 Å². The molecular formula is C12H14N2O3. The highest BCUT2D eigenvalue weighted by atomic mass is 16.4. The molecule has 0 saturated carbocycles. The molecule has 0 aliphatic carbocycles. The summed E-state index contributed by atoms with van der Waals surface area (Å²) in [5.74, 6) is -0.989. The summed E-state index contributed by atoms with van der Waals surface area (Å²) >= 11 is 0. The summed E-state index contributed by atoms with van der Waals surface area (Å²) in [6.07, 6.45) is 4.53. The first kappa shape index (κ1) is 11.4. The molecule has 0 fully saturated rings. The lowest BCUT2D eigenvalue weighted by Gasteiger charge is -2.18. The van der Waals surface area contributed by atoms with Crippen LogP contribution in [0.3, 0.4) is 0 Å². The zero-order valence-corrected chi connectivity index (χ0v) is 9.97. The van der Waals surface area contributed by atoms with Gasteiger partial charge in [-0.05, 0) is 26.8 Å². The maximum absolute atomic E-state index is 11.2. The van der Waals surface area contributed by atoms with Crippen LogP contribution in [-0.4, -0.2) is 20.9 Å². The number of aromatic carboxylic acids is 1. The van der Waals surface area contributed by atoms with Crippen molar-refractivity contribution in [2.45, 2.75) is 26.3 Å². The third kappa shape index (κ3) is 2.08. The molecule has 0 atom stereocenters. The molecule has 2 heterocycles. The summed E-state index contributed by atoms with van der Waals surface area (Å²) in [5, 5.41) is 13.5.